The molecule has 3 rings (SSSR count). The molecule has 0 aliphatic carbocycles. The summed E-state index contributed by atoms with van der Waals surface area (Å²) in [6.45, 7) is -2.42. The number of carbonyl (C=O) groups is 1. The summed E-state index contributed by atoms with van der Waals surface area (Å²) in [5.41, 5.74) is 0.721. The van der Waals surface area contributed by atoms with Crippen LogP contribution in [0.2, 0.25) is 10.0 Å². The Balaban J connectivity index is 1.73. The van der Waals surface area contributed by atoms with Crippen molar-refractivity contribution >= 4 is 50.9 Å². The molecule has 0 atom stereocenters. The third-order valence-corrected chi connectivity index (χ3v) is 4.64. The Morgan fingerprint density at radius 3 is 2.65 bits per heavy atom. The molecular formula is C15H10BrCl2F2N5O. The number of hydrogen-bond donors (Lipinski definition) is 1. The number of benzene rings is 1. The number of hydrogen-bond acceptors (Lipinski definition) is 3. The molecule has 1 N–H and O–H groups in total. The van der Waals surface area contributed by atoms with Gasteiger partial charge in [-0.25, -0.2) is 4.68 Å². The highest BCUT2D eigenvalue weighted by Gasteiger charge is 2.16. The molecule has 0 radical (unpaired) electrons. The summed E-state index contributed by atoms with van der Waals surface area (Å²) in [6.07, 6.45) is 2.69. The Morgan fingerprint density at radius 2 is 2.00 bits per heavy atom. The van der Waals surface area contributed by atoms with Crippen molar-refractivity contribution in [2.45, 2.75) is 13.1 Å². The zero-order chi connectivity index (χ0) is 18.8. The predicted molar refractivity (Wildman–Crippen MR) is 96.9 cm³/mol. The Hall–Kier alpha value is -1.97. The maximum atomic E-state index is 12.5. The number of nitrogens with one attached hydrogen (secondary N) is 1. The maximum absolute atomic E-state index is 12.5. The van der Waals surface area contributed by atoms with E-state index in [-0.39, 0.29) is 11.5 Å². The van der Waals surface area contributed by atoms with Gasteiger partial charge in [0.05, 0.1) is 21.1 Å². The summed E-state index contributed by atoms with van der Waals surface area (Å²) in [4.78, 5) is 12.1. The molecular weight excluding hydrogens is 455 g/mol. The van der Waals surface area contributed by atoms with Crippen molar-refractivity contribution in [2.24, 2.45) is 0 Å². The highest BCUT2D eigenvalue weighted by Crippen LogP contribution is 2.25. The van der Waals surface area contributed by atoms with E-state index in [4.69, 9.17) is 23.2 Å². The molecule has 0 saturated carbocycles. The first-order chi connectivity index (χ1) is 12.3. The van der Waals surface area contributed by atoms with Crippen LogP contribution in [0.4, 0.5) is 14.6 Å². The average molecular weight is 465 g/mol. The fraction of sp³-hybridized carbons (Fsp3) is 0.133. The van der Waals surface area contributed by atoms with Gasteiger partial charge in [-0.2, -0.15) is 19.0 Å². The van der Waals surface area contributed by atoms with Crippen LogP contribution in [-0.2, 0) is 6.54 Å². The Labute approximate surface area is 164 Å². The lowest BCUT2D eigenvalue weighted by molar-refractivity contribution is 0.0561. The summed E-state index contributed by atoms with van der Waals surface area (Å²) in [5.74, 6) is -0.411. The molecule has 26 heavy (non-hydrogen) atoms. The van der Waals surface area contributed by atoms with Gasteiger partial charge in [0.15, 0.2) is 11.5 Å². The molecule has 1 aromatic carbocycles. The van der Waals surface area contributed by atoms with Crippen LogP contribution >= 0.6 is 39.1 Å². The van der Waals surface area contributed by atoms with Gasteiger partial charge in [-0.15, -0.1) is 0 Å². The standard InChI is InChI=1S/C15H10BrCl2F2N5O/c16-9-7-24(6-8-1-2-10(17)11(18)5-8)23-13(9)21-14(26)12-3-4-25(22-12)15(19)20/h1-5,7,15H,6H2,(H,21,23,26). The van der Waals surface area contributed by atoms with Gasteiger partial charge in [0, 0.05) is 12.4 Å². The molecule has 0 spiro atoms. The summed E-state index contributed by atoms with van der Waals surface area (Å²) < 4.78 is 27.6. The molecule has 0 fully saturated rings. The van der Waals surface area contributed by atoms with E-state index in [2.05, 4.69) is 31.4 Å². The lowest BCUT2D eigenvalue weighted by atomic mass is 10.2. The third-order valence-electron chi connectivity index (χ3n) is 3.32. The second-order valence-corrected chi connectivity index (χ2v) is 6.85. The number of amides is 1. The van der Waals surface area contributed by atoms with Gasteiger partial charge in [0.2, 0.25) is 0 Å². The molecule has 11 heteroatoms. The van der Waals surface area contributed by atoms with Crippen LogP contribution in [0.5, 0.6) is 0 Å². The number of nitrogens with zero attached hydrogens (tertiary/aromatic N) is 4. The van der Waals surface area contributed by atoms with E-state index in [1.54, 1.807) is 29.1 Å². The van der Waals surface area contributed by atoms with E-state index < -0.39 is 12.5 Å². The molecule has 0 saturated heterocycles. The summed E-state index contributed by atoms with van der Waals surface area (Å²) in [6, 6.07) is 6.40. The number of aromatic nitrogens is 4. The number of halogens is 5. The maximum Gasteiger partial charge on any atom is 0.333 e. The Bertz CT molecular complexity index is 959. The van der Waals surface area contributed by atoms with Gasteiger partial charge in [-0.05, 0) is 39.7 Å². The van der Waals surface area contributed by atoms with Gasteiger partial charge >= 0.3 is 6.55 Å². The molecule has 1 amide bonds. The SMILES string of the molecule is O=C(Nc1nn(Cc2ccc(Cl)c(Cl)c2)cc1Br)c1ccn(C(F)F)n1. The highest BCUT2D eigenvalue weighted by atomic mass is 79.9. The summed E-state index contributed by atoms with van der Waals surface area (Å²) in [7, 11) is 0. The van der Waals surface area contributed by atoms with Crippen molar-refractivity contribution in [3.05, 3.63) is 62.4 Å². The van der Waals surface area contributed by atoms with Gasteiger partial charge in [-0.1, -0.05) is 29.3 Å². The van der Waals surface area contributed by atoms with E-state index in [0.29, 0.717) is 25.7 Å². The van der Waals surface area contributed by atoms with E-state index in [9.17, 15) is 13.6 Å². The first-order valence-corrected chi connectivity index (χ1v) is 8.70. The number of rotatable bonds is 5. The van der Waals surface area contributed by atoms with Crippen molar-refractivity contribution in [3.63, 3.8) is 0 Å². The van der Waals surface area contributed by atoms with Crippen molar-refractivity contribution in [1.82, 2.24) is 19.6 Å². The van der Waals surface area contributed by atoms with Crippen LogP contribution < -0.4 is 5.32 Å². The fourth-order valence-electron chi connectivity index (χ4n) is 2.13. The molecule has 0 unspecified atom stereocenters. The fourth-order valence-corrected chi connectivity index (χ4v) is 2.86. The smallest absolute Gasteiger partial charge is 0.303 e. The minimum Gasteiger partial charge on any atom is -0.303 e. The minimum absolute atomic E-state index is 0.142. The highest BCUT2D eigenvalue weighted by molar-refractivity contribution is 9.10. The largest absolute Gasteiger partial charge is 0.333 e. The second-order valence-electron chi connectivity index (χ2n) is 5.18. The van der Waals surface area contributed by atoms with Crippen LogP contribution in [0.1, 0.15) is 22.6 Å². The zero-order valence-electron chi connectivity index (χ0n) is 12.8. The van der Waals surface area contributed by atoms with Gasteiger partial charge in [0.1, 0.15) is 0 Å². The van der Waals surface area contributed by atoms with Gasteiger partial charge in [-0.3, -0.25) is 9.48 Å². The zero-order valence-corrected chi connectivity index (χ0v) is 15.9. The molecule has 6 nitrogen and oxygen atoms in total. The van der Waals surface area contributed by atoms with Crippen LogP contribution in [0.3, 0.4) is 0 Å². The number of alkyl halides is 2. The van der Waals surface area contributed by atoms with Gasteiger partial charge < -0.3 is 5.32 Å². The molecule has 2 aromatic heterocycles. The summed E-state index contributed by atoms with van der Waals surface area (Å²) >= 11 is 15.2. The molecule has 3 aromatic rings. The minimum atomic E-state index is -2.81. The number of anilines is 1. The lowest BCUT2D eigenvalue weighted by Gasteiger charge is -2.04. The quantitative estimate of drug-likeness (QED) is 0.587. The number of carbonyl (C=O) groups excluding carboxylic acids is 1. The van der Waals surface area contributed by atoms with E-state index in [0.717, 1.165) is 11.8 Å². The second kappa shape index (κ2) is 7.73. The lowest BCUT2D eigenvalue weighted by Crippen LogP contribution is -2.14. The first kappa shape index (κ1) is 18.8. The monoisotopic (exact) mass is 463 g/mol. The molecule has 0 aliphatic rings. The van der Waals surface area contributed by atoms with Crippen molar-refractivity contribution in [2.75, 3.05) is 5.32 Å². The molecule has 0 bridgehead atoms. The van der Waals surface area contributed by atoms with E-state index in [1.807, 2.05) is 0 Å². The predicted octanol–water partition coefficient (Wildman–Crippen LogP) is 4.84. The van der Waals surface area contributed by atoms with Crippen molar-refractivity contribution in [3.8, 4) is 0 Å². The van der Waals surface area contributed by atoms with Gasteiger partial charge in [0.25, 0.3) is 5.91 Å². The van der Waals surface area contributed by atoms with Crippen LogP contribution in [0.15, 0.2) is 41.1 Å². The van der Waals surface area contributed by atoms with E-state index in [1.165, 1.54) is 6.07 Å². The summed E-state index contributed by atoms with van der Waals surface area (Å²) in [5, 5.41) is 11.2. The third kappa shape index (κ3) is 4.22. The van der Waals surface area contributed by atoms with Crippen LogP contribution in [0.25, 0.3) is 0 Å². The first-order valence-electron chi connectivity index (χ1n) is 7.15. The van der Waals surface area contributed by atoms with Crippen LogP contribution in [-0.4, -0.2) is 25.5 Å². The topological polar surface area (TPSA) is 64.7 Å². The molecule has 136 valence electrons. The van der Waals surface area contributed by atoms with Crippen molar-refractivity contribution < 1.29 is 13.6 Å². The average Bonchev–Trinajstić information content (AvgIpc) is 3.19. The van der Waals surface area contributed by atoms with Crippen LogP contribution in [0, 0.1) is 0 Å². The van der Waals surface area contributed by atoms with E-state index >= 15 is 0 Å². The Kier molecular flexibility index (Phi) is 5.59. The normalized spacial score (nSPS) is 11.2. The molecule has 2 heterocycles. The Morgan fingerprint density at radius 1 is 1.23 bits per heavy atom. The van der Waals surface area contributed by atoms with Crippen molar-refractivity contribution in [1.29, 1.82) is 0 Å². The molecule has 0 aliphatic heterocycles.